The standard InChI is InChI=1S/C19H35NO/c1-14(2)11-19(21,12-15(3)4)18(13-20)9-7-17(8-10-18)16(5)6/h14-17,21H,7-12H2,1-6H3. The second kappa shape index (κ2) is 7.14. The van der Waals surface area contributed by atoms with Gasteiger partial charge < -0.3 is 5.11 Å². The van der Waals surface area contributed by atoms with Gasteiger partial charge in [0.05, 0.1) is 17.1 Å². The monoisotopic (exact) mass is 293 g/mol. The van der Waals surface area contributed by atoms with Gasteiger partial charge in [0.25, 0.3) is 0 Å². The highest BCUT2D eigenvalue weighted by Crippen LogP contribution is 2.51. The highest BCUT2D eigenvalue weighted by atomic mass is 16.3. The van der Waals surface area contributed by atoms with Crippen LogP contribution < -0.4 is 0 Å². The third-order valence-corrected chi connectivity index (χ3v) is 5.42. The Kier molecular flexibility index (Phi) is 6.29. The van der Waals surface area contributed by atoms with Gasteiger partial charge in [0.1, 0.15) is 0 Å². The second-order valence-electron chi connectivity index (χ2n) is 8.50. The molecule has 2 heteroatoms. The summed E-state index contributed by atoms with van der Waals surface area (Å²) >= 11 is 0. The molecule has 2 nitrogen and oxygen atoms in total. The third-order valence-electron chi connectivity index (χ3n) is 5.42. The van der Waals surface area contributed by atoms with E-state index in [0.29, 0.717) is 23.7 Å². The summed E-state index contributed by atoms with van der Waals surface area (Å²) in [6.07, 6.45) is 5.38. The number of rotatable bonds is 6. The molecule has 1 N–H and O–H groups in total. The van der Waals surface area contributed by atoms with Crippen LogP contribution in [0, 0.1) is 40.4 Å². The molecule has 0 unspecified atom stereocenters. The van der Waals surface area contributed by atoms with Crippen molar-refractivity contribution in [2.24, 2.45) is 29.1 Å². The van der Waals surface area contributed by atoms with Crippen LogP contribution in [0.15, 0.2) is 0 Å². The van der Waals surface area contributed by atoms with Crippen molar-refractivity contribution in [3.05, 3.63) is 0 Å². The molecule has 0 aromatic rings. The van der Waals surface area contributed by atoms with Crippen LogP contribution in [-0.4, -0.2) is 10.7 Å². The first-order valence-electron chi connectivity index (χ1n) is 8.79. The molecule has 0 saturated heterocycles. The number of nitrogens with zero attached hydrogens (tertiary/aromatic N) is 1. The van der Waals surface area contributed by atoms with E-state index < -0.39 is 11.0 Å². The van der Waals surface area contributed by atoms with E-state index in [1.165, 1.54) is 0 Å². The second-order valence-corrected chi connectivity index (χ2v) is 8.50. The number of hydrogen-bond acceptors (Lipinski definition) is 2. The molecule has 0 heterocycles. The van der Waals surface area contributed by atoms with Gasteiger partial charge >= 0.3 is 0 Å². The van der Waals surface area contributed by atoms with Crippen molar-refractivity contribution in [2.45, 2.75) is 85.7 Å². The molecular formula is C19H35NO. The Morgan fingerprint density at radius 3 is 1.76 bits per heavy atom. The van der Waals surface area contributed by atoms with E-state index >= 15 is 0 Å². The molecule has 1 rings (SSSR count). The van der Waals surface area contributed by atoms with Crippen molar-refractivity contribution >= 4 is 0 Å². The Hall–Kier alpha value is -0.550. The van der Waals surface area contributed by atoms with Crippen LogP contribution in [0.1, 0.15) is 80.1 Å². The summed E-state index contributed by atoms with van der Waals surface area (Å²) in [4.78, 5) is 0. The van der Waals surface area contributed by atoms with E-state index in [2.05, 4.69) is 47.6 Å². The Morgan fingerprint density at radius 1 is 1.05 bits per heavy atom. The van der Waals surface area contributed by atoms with Gasteiger partial charge in [-0.15, -0.1) is 0 Å². The predicted molar refractivity (Wildman–Crippen MR) is 88.7 cm³/mol. The van der Waals surface area contributed by atoms with Gasteiger partial charge in [-0.2, -0.15) is 5.26 Å². The summed E-state index contributed by atoms with van der Waals surface area (Å²) in [5, 5.41) is 21.3. The summed E-state index contributed by atoms with van der Waals surface area (Å²) < 4.78 is 0. The lowest BCUT2D eigenvalue weighted by Crippen LogP contribution is -2.51. The zero-order valence-electron chi connectivity index (χ0n) is 14.9. The molecule has 0 aromatic carbocycles. The van der Waals surface area contributed by atoms with Crippen molar-refractivity contribution in [3.8, 4) is 6.07 Å². The van der Waals surface area contributed by atoms with E-state index in [4.69, 9.17) is 0 Å². The van der Waals surface area contributed by atoms with Gasteiger partial charge in [0.15, 0.2) is 0 Å². The van der Waals surface area contributed by atoms with Gasteiger partial charge in [-0.1, -0.05) is 41.5 Å². The Balaban J connectivity index is 3.00. The maximum atomic E-state index is 11.4. The van der Waals surface area contributed by atoms with E-state index in [9.17, 15) is 10.4 Å². The fourth-order valence-corrected chi connectivity index (χ4v) is 4.31. The molecule has 1 aliphatic carbocycles. The van der Waals surface area contributed by atoms with Gasteiger partial charge in [0.2, 0.25) is 0 Å². The number of hydrogen-bond donors (Lipinski definition) is 1. The van der Waals surface area contributed by atoms with Gasteiger partial charge in [-0.3, -0.25) is 0 Å². The molecule has 122 valence electrons. The minimum Gasteiger partial charge on any atom is -0.388 e. The van der Waals surface area contributed by atoms with Crippen molar-refractivity contribution in [1.82, 2.24) is 0 Å². The molecule has 0 radical (unpaired) electrons. The van der Waals surface area contributed by atoms with Gasteiger partial charge in [-0.25, -0.2) is 0 Å². The number of nitriles is 1. The lowest BCUT2D eigenvalue weighted by Gasteiger charge is -2.48. The zero-order valence-corrected chi connectivity index (χ0v) is 14.9. The zero-order chi connectivity index (χ0) is 16.3. The molecule has 0 atom stereocenters. The Labute approximate surface area is 131 Å². The van der Waals surface area contributed by atoms with Gasteiger partial charge in [-0.05, 0) is 62.2 Å². The average molecular weight is 293 g/mol. The molecule has 1 aliphatic rings. The molecule has 0 aliphatic heterocycles. The van der Waals surface area contributed by atoms with Crippen LogP contribution in [0.25, 0.3) is 0 Å². The summed E-state index contributed by atoms with van der Waals surface area (Å²) in [5.74, 6) is 2.24. The smallest absolute Gasteiger partial charge is 0.0860 e. The average Bonchev–Trinajstić information content (AvgIpc) is 2.36. The van der Waals surface area contributed by atoms with Crippen molar-refractivity contribution < 1.29 is 5.11 Å². The van der Waals surface area contributed by atoms with Gasteiger partial charge in [0, 0.05) is 0 Å². The summed E-state index contributed by atoms with van der Waals surface area (Å²) in [6.45, 7) is 13.1. The topological polar surface area (TPSA) is 44.0 Å². The lowest BCUT2D eigenvalue weighted by molar-refractivity contribution is -0.106. The van der Waals surface area contributed by atoms with Crippen LogP contribution in [0.5, 0.6) is 0 Å². The maximum absolute atomic E-state index is 11.4. The fourth-order valence-electron chi connectivity index (χ4n) is 4.31. The van der Waals surface area contributed by atoms with Crippen molar-refractivity contribution in [3.63, 3.8) is 0 Å². The quantitative estimate of drug-likeness (QED) is 0.734. The highest BCUT2D eigenvalue weighted by molar-refractivity contribution is 5.13. The lowest BCUT2D eigenvalue weighted by atomic mass is 9.57. The molecular weight excluding hydrogens is 258 g/mol. The molecule has 0 aromatic heterocycles. The first-order chi connectivity index (χ1) is 9.66. The minimum absolute atomic E-state index is 0.418. The summed E-state index contributed by atoms with van der Waals surface area (Å²) in [5.41, 5.74) is -1.36. The van der Waals surface area contributed by atoms with Crippen LogP contribution in [-0.2, 0) is 0 Å². The molecule has 1 saturated carbocycles. The summed E-state index contributed by atoms with van der Waals surface area (Å²) in [6, 6.07) is 2.58. The van der Waals surface area contributed by atoms with Crippen molar-refractivity contribution in [1.29, 1.82) is 5.26 Å². The molecule has 0 bridgehead atoms. The summed E-state index contributed by atoms with van der Waals surface area (Å²) in [7, 11) is 0. The Morgan fingerprint density at radius 2 is 1.48 bits per heavy atom. The SMILES string of the molecule is CC(C)CC(O)(CC(C)C)C1(C#N)CCC(C(C)C)CC1. The normalized spacial score (nSPS) is 27.4. The van der Waals surface area contributed by atoms with E-state index in [1.807, 2.05) is 0 Å². The maximum Gasteiger partial charge on any atom is 0.0860 e. The third kappa shape index (κ3) is 4.22. The van der Waals surface area contributed by atoms with E-state index in [0.717, 1.165) is 38.5 Å². The minimum atomic E-state index is -0.827. The number of aliphatic hydroxyl groups is 1. The van der Waals surface area contributed by atoms with Crippen molar-refractivity contribution in [2.75, 3.05) is 0 Å². The van der Waals surface area contributed by atoms with E-state index in [1.54, 1.807) is 0 Å². The molecule has 0 spiro atoms. The van der Waals surface area contributed by atoms with Crippen LogP contribution in [0.3, 0.4) is 0 Å². The molecule has 0 amide bonds. The van der Waals surface area contributed by atoms with Crippen LogP contribution >= 0.6 is 0 Å². The fraction of sp³-hybridized carbons (Fsp3) is 0.947. The van der Waals surface area contributed by atoms with Crippen LogP contribution in [0.4, 0.5) is 0 Å². The van der Waals surface area contributed by atoms with Crippen LogP contribution in [0.2, 0.25) is 0 Å². The predicted octanol–water partition coefficient (Wildman–Crippen LogP) is 5.17. The largest absolute Gasteiger partial charge is 0.388 e. The highest BCUT2D eigenvalue weighted by Gasteiger charge is 2.52. The first kappa shape index (κ1) is 18.5. The first-order valence-corrected chi connectivity index (χ1v) is 8.79. The Bertz CT molecular complexity index is 346. The molecule has 21 heavy (non-hydrogen) atoms. The van der Waals surface area contributed by atoms with E-state index in [-0.39, 0.29) is 0 Å². The molecule has 1 fully saturated rings.